The monoisotopic (exact) mass is 313 g/mol. The number of hydrogen-bond donors (Lipinski definition) is 1. The van der Waals surface area contributed by atoms with Crippen LogP contribution in [0.15, 0.2) is 17.2 Å². The smallest absolute Gasteiger partial charge is 0.244 e. The predicted octanol–water partition coefficient (Wildman–Crippen LogP) is 2.09. The molecular weight excluding hydrogens is 286 g/mol. The van der Waals surface area contributed by atoms with Gasteiger partial charge in [0.1, 0.15) is 4.90 Å². The van der Waals surface area contributed by atoms with Crippen LogP contribution in [0.4, 0.5) is 0 Å². The van der Waals surface area contributed by atoms with Gasteiger partial charge in [0, 0.05) is 38.1 Å². The first kappa shape index (κ1) is 16.5. The first-order valence-electron chi connectivity index (χ1n) is 7.84. The summed E-state index contributed by atoms with van der Waals surface area (Å²) in [5.74, 6) is 0. The third-order valence-corrected chi connectivity index (χ3v) is 6.22. The van der Waals surface area contributed by atoms with Crippen LogP contribution >= 0.6 is 0 Å². The summed E-state index contributed by atoms with van der Waals surface area (Å²) in [7, 11) is -1.48. The number of rotatable bonds is 5. The van der Waals surface area contributed by atoms with Gasteiger partial charge in [-0.3, -0.25) is 0 Å². The first-order valence-corrected chi connectivity index (χ1v) is 9.28. The number of aryl methyl sites for hydroxylation is 1. The van der Waals surface area contributed by atoms with Crippen LogP contribution in [-0.4, -0.2) is 36.4 Å². The lowest BCUT2D eigenvalue weighted by Gasteiger charge is -2.25. The molecule has 1 aliphatic heterocycles. The number of hydrogen-bond acceptors (Lipinski definition) is 3. The van der Waals surface area contributed by atoms with E-state index in [0.717, 1.165) is 37.9 Å². The largest absolute Gasteiger partial charge is 0.352 e. The van der Waals surface area contributed by atoms with Crippen molar-refractivity contribution in [3.05, 3.63) is 18.0 Å². The zero-order valence-corrected chi connectivity index (χ0v) is 14.1. The molecule has 1 unspecified atom stereocenters. The van der Waals surface area contributed by atoms with E-state index in [-0.39, 0.29) is 6.04 Å². The van der Waals surface area contributed by atoms with Crippen LogP contribution in [0.3, 0.4) is 0 Å². The van der Waals surface area contributed by atoms with E-state index < -0.39 is 10.0 Å². The zero-order valence-electron chi connectivity index (χ0n) is 13.3. The summed E-state index contributed by atoms with van der Waals surface area (Å²) >= 11 is 0. The highest BCUT2D eigenvalue weighted by molar-refractivity contribution is 7.89. The van der Waals surface area contributed by atoms with Crippen molar-refractivity contribution in [3.8, 4) is 0 Å². The molecule has 21 heavy (non-hydrogen) atoms. The zero-order chi connectivity index (χ0) is 15.5. The summed E-state index contributed by atoms with van der Waals surface area (Å²) in [5, 5.41) is 3.24. The summed E-state index contributed by atoms with van der Waals surface area (Å²) < 4.78 is 29.4. The van der Waals surface area contributed by atoms with Gasteiger partial charge >= 0.3 is 0 Å². The topological polar surface area (TPSA) is 54.3 Å². The normalized spacial score (nSPS) is 21.4. The maximum absolute atomic E-state index is 12.9. The van der Waals surface area contributed by atoms with Crippen LogP contribution in [0.5, 0.6) is 0 Å². The molecule has 0 bridgehead atoms. The van der Waals surface area contributed by atoms with Crippen LogP contribution in [0, 0.1) is 0 Å². The molecular formula is C15H27N3O2S. The Morgan fingerprint density at radius 3 is 2.81 bits per heavy atom. The maximum Gasteiger partial charge on any atom is 0.244 e. The van der Waals surface area contributed by atoms with Crippen molar-refractivity contribution in [2.24, 2.45) is 7.05 Å². The molecule has 0 aliphatic carbocycles. The van der Waals surface area contributed by atoms with Crippen LogP contribution in [0.2, 0.25) is 0 Å². The average Bonchev–Trinajstić information content (AvgIpc) is 2.67. The van der Waals surface area contributed by atoms with Gasteiger partial charge in [-0.15, -0.1) is 0 Å². The Bertz CT molecular complexity index is 565. The highest BCUT2D eigenvalue weighted by atomic mass is 32.2. The fourth-order valence-electron chi connectivity index (χ4n) is 2.89. The molecule has 1 saturated heterocycles. The fraction of sp³-hybridized carbons (Fsp3) is 0.733. The number of sulfonamides is 1. The third kappa shape index (κ3) is 3.67. The summed E-state index contributed by atoms with van der Waals surface area (Å²) in [4.78, 5) is 0.423. The van der Waals surface area contributed by atoms with Gasteiger partial charge in [0.05, 0.1) is 0 Å². The SMILES string of the molecule is CCNCc1cc(S(=O)(=O)N2CCCCCC2C)cn1C. The second kappa shape index (κ2) is 6.94. The van der Waals surface area contributed by atoms with Gasteiger partial charge in [-0.25, -0.2) is 8.42 Å². The first-order chi connectivity index (χ1) is 9.96. The quantitative estimate of drug-likeness (QED) is 0.905. The van der Waals surface area contributed by atoms with Crippen LogP contribution in [0.1, 0.15) is 45.2 Å². The summed E-state index contributed by atoms with van der Waals surface area (Å²) in [6.45, 7) is 6.26. The number of nitrogens with zero attached hydrogens (tertiary/aromatic N) is 2. The lowest BCUT2D eigenvalue weighted by Crippen LogP contribution is -2.38. The molecule has 2 rings (SSSR count). The summed E-state index contributed by atoms with van der Waals surface area (Å²) in [5.41, 5.74) is 0.998. The van der Waals surface area contributed by atoms with Crippen molar-refractivity contribution < 1.29 is 8.42 Å². The Morgan fingerprint density at radius 2 is 2.10 bits per heavy atom. The van der Waals surface area contributed by atoms with Gasteiger partial charge in [0.2, 0.25) is 10.0 Å². The molecule has 1 aromatic heterocycles. The minimum atomic E-state index is -3.38. The van der Waals surface area contributed by atoms with Crippen molar-refractivity contribution in [2.45, 2.75) is 57.0 Å². The third-order valence-electron chi connectivity index (χ3n) is 4.24. The molecule has 5 nitrogen and oxygen atoms in total. The highest BCUT2D eigenvalue weighted by Crippen LogP contribution is 2.25. The molecule has 1 aromatic rings. The highest BCUT2D eigenvalue weighted by Gasteiger charge is 2.31. The van der Waals surface area contributed by atoms with Gasteiger partial charge in [-0.05, 0) is 32.4 Å². The van der Waals surface area contributed by atoms with E-state index in [1.165, 1.54) is 0 Å². The molecule has 6 heteroatoms. The van der Waals surface area contributed by atoms with E-state index in [1.54, 1.807) is 16.6 Å². The standard InChI is InChI=1S/C15H27N3O2S/c1-4-16-11-14-10-15(12-17(14)3)21(19,20)18-9-7-5-6-8-13(18)2/h10,12-13,16H,4-9,11H2,1-3H3. The Kier molecular flexibility index (Phi) is 5.46. The second-order valence-electron chi connectivity index (χ2n) is 5.87. The lowest BCUT2D eigenvalue weighted by atomic mass is 10.1. The van der Waals surface area contributed by atoms with E-state index >= 15 is 0 Å². The Balaban J connectivity index is 2.26. The molecule has 120 valence electrons. The van der Waals surface area contributed by atoms with Gasteiger partial charge in [0.25, 0.3) is 0 Å². The molecule has 1 N–H and O–H groups in total. The van der Waals surface area contributed by atoms with Gasteiger partial charge in [0.15, 0.2) is 0 Å². The molecule has 0 amide bonds. The number of nitrogens with one attached hydrogen (secondary N) is 1. The van der Waals surface area contributed by atoms with E-state index in [2.05, 4.69) is 5.32 Å². The van der Waals surface area contributed by atoms with Crippen molar-refractivity contribution in [1.82, 2.24) is 14.2 Å². The number of aromatic nitrogens is 1. The van der Waals surface area contributed by atoms with Crippen molar-refractivity contribution in [1.29, 1.82) is 0 Å². The molecule has 0 spiro atoms. The van der Waals surface area contributed by atoms with Crippen molar-refractivity contribution in [2.75, 3.05) is 13.1 Å². The van der Waals surface area contributed by atoms with Gasteiger partial charge < -0.3 is 9.88 Å². The Morgan fingerprint density at radius 1 is 1.33 bits per heavy atom. The van der Waals surface area contributed by atoms with E-state index in [1.807, 2.05) is 25.5 Å². The second-order valence-corrected chi connectivity index (χ2v) is 7.76. The van der Waals surface area contributed by atoms with E-state index in [9.17, 15) is 8.42 Å². The molecule has 0 saturated carbocycles. The maximum atomic E-state index is 12.9. The molecule has 1 fully saturated rings. The predicted molar refractivity (Wildman–Crippen MR) is 84.6 cm³/mol. The summed E-state index contributed by atoms with van der Waals surface area (Å²) in [6.07, 6.45) is 5.89. The fourth-order valence-corrected chi connectivity index (χ4v) is 4.68. The van der Waals surface area contributed by atoms with E-state index in [4.69, 9.17) is 0 Å². The van der Waals surface area contributed by atoms with Crippen LogP contribution < -0.4 is 5.32 Å². The molecule has 1 atom stereocenters. The van der Waals surface area contributed by atoms with Crippen LogP contribution in [-0.2, 0) is 23.6 Å². The van der Waals surface area contributed by atoms with Gasteiger partial charge in [-0.2, -0.15) is 4.31 Å². The lowest BCUT2D eigenvalue weighted by molar-refractivity contribution is 0.342. The molecule has 0 radical (unpaired) electrons. The summed E-state index contributed by atoms with van der Waals surface area (Å²) in [6, 6.07) is 1.89. The Labute approximate surface area is 128 Å². The molecule has 2 heterocycles. The van der Waals surface area contributed by atoms with Crippen LogP contribution in [0.25, 0.3) is 0 Å². The van der Waals surface area contributed by atoms with E-state index in [0.29, 0.717) is 18.0 Å². The van der Waals surface area contributed by atoms with Crippen molar-refractivity contribution in [3.63, 3.8) is 0 Å². The average molecular weight is 313 g/mol. The van der Waals surface area contributed by atoms with Crippen molar-refractivity contribution >= 4 is 10.0 Å². The minimum absolute atomic E-state index is 0.0925. The minimum Gasteiger partial charge on any atom is -0.352 e. The molecule has 0 aromatic carbocycles. The molecule has 1 aliphatic rings. The van der Waals surface area contributed by atoms with Gasteiger partial charge in [-0.1, -0.05) is 19.8 Å². The Hall–Kier alpha value is -0.850.